The van der Waals surface area contributed by atoms with Crippen molar-refractivity contribution in [2.45, 2.75) is 19.9 Å². The number of aromatic amines is 1. The lowest BCUT2D eigenvalue weighted by Gasteiger charge is -2.04. The molecule has 0 atom stereocenters. The van der Waals surface area contributed by atoms with Crippen LogP contribution in [-0.4, -0.2) is 27.0 Å². The SMILES string of the molecule is CCNC(=O)CCn1c(=S)[nH]c2cc(Br)cnc21. The maximum absolute atomic E-state index is 11.4. The third kappa shape index (κ3) is 2.78. The Bertz CT molecular complexity index is 633. The van der Waals surface area contributed by atoms with Gasteiger partial charge in [-0.1, -0.05) is 0 Å². The molecule has 5 nitrogen and oxygen atoms in total. The van der Waals surface area contributed by atoms with E-state index in [1.807, 2.05) is 17.6 Å². The van der Waals surface area contributed by atoms with Gasteiger partial charge in [0.25, 0.3) is 0 Å². The number of nitrogens with one attached hydrogen (secondary N) is 2. The fourth-order valence-electron chi connectivity index (χ4n) is 1.72. The van der Waals surface area contributed by atoms with Crippen LogP contribution in [0.3, 0.4) is 0 Å². The van der Waals surface area contributed by atoms with E-state index in [0.717, 1.165) is 15.6 Å². The van der Waals surface area contributed by atoms with Gasteiger partial charge in [-0.15, -0.1) is 0 Å². The first-order valence-electron chi connectivity index (χ1n) is 5.62. The number of H-pyrrole nitrogens is 1. The summed E-state index contributed by atoms with van der Waals surface area (Å²) in [7, 11) is 0. The van der Waals surface area contributed by atoms with Gasteiger partial charge in [0.1, 0.15) is 0 Å². The number of fused-ring (bicyclic) bond motifs is 1. The summed E-state index contributed by atoms with van der Waals surface area (Å²) in [6.45, 7) is 3.07. The summed E-state index contributed by atoms with van der Waals surface area (Å²) < 4.78 is 3.31. The van der Waals surface area contributed by atoms with Gasteiger partial charge in [0.2, 0.25) is 5.91 Å². The minimum atomic E-state index is 0.0193. The molecule has 0 bridgehead atoms. The van der Waals surface area contributed by atoms with Crippen LogP contribution in [0, 0.1) is 4.77 Å². The van der Waals surface area contributed by atoms with Crippen molar-refractivity contribution in [3.63, 3.8) is 0 Å². The van der Waals surface area contributed by atoms with Gasteiger partial charge in [0, 0.05) is 30.2 Å². The van der Waals surface area contributed by atoms with Crippen molar-refractivity contribution >= 4 is 45.2 Å². The number of aryl methyl sites for hydroxylation is 1. The van der Waals surface area contributed by atoms with Gasteiger partial charge >= 0.3 is 0 Å². The summed E-state index contributed by atoms with van der Waals surface area (Å²) in [5.74, 6) is 0.0193. The number of halogens is 1. The van der Waals surface area contributed by atoms with Gasteiger partial charge in [0.15, 0.2) is 10.4 Å². The molecular formula is C11H13BrN4OS. The highest BCUT2D eigenvalue weighted by Crippen LogP contribution is 2.17. The Kier molecular flexibility index (Phi) is 4.13. The molecule has 2 N–H and O–H groups in total. The third-order valence-corrected chi connectivity index (χ3v) is 3.27. The van der Waals surface area contributed by atoms with E-state index in [2.05, 4.69) is 31.2 Å². The number of amides is 1. The predicted octanol–water partition coefficient (Wildman–Crippen LogP) is 2.38. The van der Waals surface area contributed by atoms with E-state index in [0.29, 0.717) is 24.3 Å². The topological polar surface area (TPSA) is 62.7 Å². The highest BCUT2D eigenvalue weighted by molar-refractivity contribution is 9.10. The Morgan fingerprint density at radius 3 is 3.17 bits per heavy atom. The number of imidazole rings is 1. The molecule has 1 amide bonds. The molecule has 0 aliphatic heterocycles. The molecule has 0 fully saturated rings. The third-order valence-electron chi connectivity index (χ3n) is 2.51. The quantitative estimate of drug-likeness (QED) is 0.847. The number of hydrogen-bond acceptors (Lipinski definition) is 3. The Morgan fingerprint density at radius 2 is 2.44 bits per heavy atom. The maximum atomic E-state index is 11.4. The summed E-state index contributed by atoms with van der Waals surface area (Å²) in [5, 5.41) is 2.76. The van der Waals surface area contributed by atoms with Crippen LogP contribution in [0.15, 0.2) is 16.7 Å². The molecule has 2 heterocycles. The van der Waals surface area contributed by atoms with Crippen LogP contribution < -0.4 is 5.32 Å². The number of rotatable bonds is 4. The van der Waals surface area contributed by atoms with Crippen LogP contribution in [0.1, 0.15) is 13.3 Å². The molecule has 0 aliphatic carbocycles. The minimum absolute atomic E-state index is 0.0193. The van der Waals surface area contributed by atoms with Crippen LogP contribution in [-0.2, 0) is 11.3 Å². The molecule has 0 spiro atoms. The predicted molar refractivity (Wildman–Crippen MR) is 75.9 cm³/mol. The molecule has 2 aromatic rings. The fraction of sp³-hybridized carbons (Fsp3) is 0.364. The number of carbonyl (C=O) groups is 1. The van der Waals surface area contributed by atoms with Crippen molar-refractivity contribution < 1.29 is 4.79 Å². The van der Waals surface area contributed by atoms with E-state index in [4.69, 9.17) is 12.2 Å². The monoisotopic (exact) mass is 328 g/mol. The molecular weight excluding hydrogens is 316 g/mol. The molecule has 7 heteroatoms. The molecule has 0 saturated carbocycles. The Labute approximate surface area is 118 Å². The number of hydrogen-bond donors (Lipinski definition) is 2. The van der Waals surface area contributed by atoms with Gasteiger partial charge < -0.3 is 14.9 Å². The molecule has 0 unspecified atom stereocenters. The smallest absolute Gasteiger partial charge is 0.221 e. The van der Waals surface area contributed by atoms with Crippen LogP contribution in [0.5, 0.6) is 0 Å². The van der Waals surface area contributed by atoms with Crippen molar-refractivity contribution in [2.75, 3.05) is 6.54 Å². The van der Waals surface area contributed by atoms with Gasteiger partial charge in [0.05, 0.1) is 5.52 Å². The van der Waals surface area contributed by atoms with Gasteiger partial charge in [-0.05, 0) is 41.1 Å². The van der Waals surface area contributed by atoms with E-state index < -0.39 is 0 Å². The summed E-state index contributed by atoms with van der Waals surface area (Å²) in [6.07, 6.45) is 2.11. The van der Waals surface area contributed by atoms with Crippen LogP contribution in [0.25, 0.3) is 11.2 Å². The first-order chi connectivity index (χ1) is 8.61. The Morgan fingerprint density at radius 1 is 1.67 bits per heavy atom. The zero-order valence-electron chi connectivity index (χ0n) is 9.86. The maximum Gasteiger partial charge on any atom is 0.221 e. The summed E-state index contributed by atoms with van der Waals surface area (Å²) in [5.41, 5.74) is 1.64. The van der Waals surface area contributed by atoms with Gasteiger partial charge in [-0.25, -0.2) is 4.98 Å². The average molecular weight is 329 g/mol. The molecule has 0 aliphatic rings. The second-order valence-electron chi connectivity index (χ2n) is 3.81. The van der Waals surface area contributed by atoms with Crippen molar-refractivity contribution in [3.8, 4) is 0 Å². The highest BCUT2D eigenvalue weighted by atomic mass is 79.9. The number of aromatic nitrogens is 3. The molecule has 0 radical (unpaired) electrons. The van der Waals surface area contributed by atoms with E-state index in [9.17, 15) is 4.79 Å². The van der Waals surface area contributed by atoms with Crippen molar-refractivity contribution in [1.82, 2.24) is 19.9 Å². The summed E-state index contributed by atoms with van der Waals surface area (Å²) in [6, 6.07) is 1.92. The first kappa shape index (κ1) is 13.2. The zero-order valence-corrected chi connectivity index (χ0v) is 12.3. The lowest BCUT2D eigenvalue weighted by Crippen LogP contribution is -2.23. The molecule has 0 aromatic carbocycles. The highest BCUT2D eigenvalue weighted by Gasteiger charge is 2.08. The number of nitrogens with zero attached hydrogens (tertiary/aromatic N) is 2. The summed E-state index contributed by atoms with van der Waals surface area (Å²) in [4.78, 5) is 18.8. The number of carbonyl (C=O) groups excluding carboxylic acids is 1. The Hall–Kier alpha value is -1.21. The first-order valence-corrected chi connectivity index (χ1v) is 6.82. The van der Waals surface area contributed by atoms with E-state index in [1.165, 1.54) is 0 Å². The van der Waals surface area contributed by atoms with E-state index >= 15 is 0 Å². The number of pyridine rings is 1. The minimum Gasteiger partial charge on any atom is -0.356 e. The van der Waals surface area contributed by atoms with E-state index in [1.54, 1.807) is 6.20 Å². The second-order valence-corrected chi connectivity index (χ2v) is 5.11. The lowest BCUT2D eigenvalue weighted by molar-refractivity contribution is -0.121. The molecule has 96 valence electrons. The van der Waals surface area contributed by atoms with Crippen molar-refractivity contribution in [3.05, 3.63) is 21.5 Å². The summed E-state index contributed by atoms with van der Waals surface area (Å²) >= 11 is 8.59. The average Bonchev–Trinajstić information content (AvgIpc) is 2.61. The standard InChI is InChI=1S/C11H13BrN4OS/c1-2-13-9(17)3-4-16-10-8(15-11(16)18)5-7(12)6-14-10/h5-6H,2-4H2,1H3,(H,13,17)(H,15,18). The van der Waals surface area contributed by atoms with Crippen LogP contribution in [0.2, 0.25) is 0 Å². The van der Waals surface area contributed by atoms with Gasteiger partial charge in [-0.2, -0.15) is 0 Å². The molecule has 18 heavy (non-hydrogen) atoms. The van der Waals surface area contributed by atoms with Crippen LogP contribution in [0.4, 0.5) is 0 Å². The zero-order chi connectivity index (χ0) is 13.1. The molecule has 0 saturated heterocycles. The normalized spacial score (nSPS) is 10.8. The van der Waals surface area contributed by atoms with E-state index in [-0.39, 0.29) is 5.91 Å². The Balaban J connectivity index is 2.25. The second kappa shape index (κ2) is 5.62. The van der Waals surface area contributed by atoms with Gasteiger partial charge in [-0.3, -0.25) is 4.79 Å². The van der Waals surface area contributed by atoms with Crippen molar-refractivity contribution in [2.24, 2.45) is 0 Å². The lowest BCUT2D eigenvalue weighted by atomic mass is 10.4. The largest absolute Gasteiger partial charge is 0.356 e. The fourth-order valence-corrected chi connectivity index (χ4v) is 2.34. The molecule has 2 aromatic heterocycles. The molecule has 2 rings (SSSR count). The van der Waals surface area contributed by atoms with Crippen molar-refractivity contribution in [1.29, 1.82) is 0 Å². The van der Waals surface area contributed by atoms with Crippen LogP contribution >= 0.6 is 28.1 Å².